The van der Waals surface area contributed by atoms with Gasteiger partial charge in [0, 0.05) is 5.56 Å². The lowest BCUT2D eigenvalue weighted by atomic mass is 10.0. The molecule has 0 aromatic heterocycles. The largest absolute Gasteiger partial charge is 0.480 e. The summed E-state index contributed by atoms with van der Waals surface area (Å²) in [5.41, 5.74) is 6.07. The number of hydrogen-bond donors (Lipinski definition) is 2. The van der Waals surface area contributed by atoms with Crippen LogP contribution in [-0.4, -0.2) is 17.9 Å². The van der Waals surface area contributed by atoms with E-state index in [9.17, 15) is 9.18 Å². The van der Waals surface area contributed by atoms with Gasteiger partial charge in [0.15, 0.2) is 11.5 Å². The fraction of sp³-hybridized carbons (Fsp3) is 0.364. The Kier molecular flexibility index (Phi) is 2.89. The van der Waals surface area contributed by atoms with Crippen LogP contribution in [0.4, 0.5) is 4.39 Å². The Labute approximate surface area is 96.9 Å². The van der Waals surface area contributed by atoms with Crippen LogP contribution in [0.25, 0.3) is 0 Å². The number of alkyl halides is 1. The standard InChI is InChI=1S/C11H12FNO4/c1-5(12)6-2-7(9(13)11(14)15)10-8(3-6)16-4-17-10/h2-3,5,9H,4,13H2,1H3,(H,14,15). The second-order valence-electron chi connectivity index (χ2n) is 3.78. The first-order valence-corrected chi connectivity index (χ1v) is 5.06. The zero-order valence-electron chi connectivity index (χ0n) is 9.14. The van der Waals surface area contributed by atoms with Crippen LogP contribution in [0.2, 0.25) is 0 Å². The third-order valence-electron chi connectivity index (χ3n) is 2.58. The second-order valence-corrected chi connectivity index (χ2v) is 3.78. The Morgan fingerprint density at radius 2 is 2.24 bits per heavy atom. The molecule has 0 aliphatic carbocycles. The number of aliphatic carboxylic acids is 1. The zero-order valence-corrected chi connectivity index (χ0v) is 9.14. The molecule has 1 aromatic rings. The average molecular weight is 241 g/mol. The molecule has 2 rings (SSSR count). The molecule has 2 unspecified atom stereocenters. The molecule has 0 fully saturated rings. The van der Waals surface area contributed by atoms with Gasteiger partial charge in [0.05, 0.1) is 0 Å². The summed E-state index contributed by atoms with van der Waals surface area (Å²) in [7, 11) is 0. The lowest BCUT2D eigenvalue weighted by Crippen LogP contribution is -2.21. The highest BCUT2D eigenvalue weighted by Crippen LogP contribution is 2.41. The summed E-state index contributed by atoms with van der Waals surface area (Å²) in [6, 6.07) is 1.63. The van der Waals surface area contributed by atoms with Crippen LogP contribution < -0.4 is 15.2 Å². The van der Waals surface area contributed by atoms with Gasteiger partial charge in [-0.05, 0) is 24.6 Å². The first-order chi connectivity index (χ1) is 8.00. The lowest BCUT2D eigenvalue weighted by Gasteiger charge is -2.13. The summed E-state index contributed by atoms with van der Waals surface area (Å²) in [6.45, 7) is 1.34. The van der Waals surface area contributed by atoms with E-state index < -0.39 is 18.2 Å². The van der Waals surface area contributed by atoms with E-state index in [1.807, 2.05) is 0 Å². The molecule has 0 saturated carbocycles. The van der Waals surface area contributed by atoms with Crippen LogP contribution in [0.15, 0.2) is 12.1 Å². The van der Waals surface area contributed by atoms with Crippen molar-refractivity contribution in [3.63, 3.8) is 0 Å². The Morgan fingerprint density at radius 3 is 2.82 bits per heavy atom. The molecule has 0 spiro atoms. The molecule has 5 nitrogen and oxygen atoms in total. The maximum absolute atomic E-state index is 13.3. The SMILES string of the molecule is CC(F)c1cc2c(c(C(N)C(=O)O)c1)OCO2. The number of carboxylic acid groups (broad SMARTS) is 1. The number of hydrogen-bond acceptors (Lipinski definition) is 4. The first-order valence-electron chi connectivity index (χ1n) is 5.06. The topological polar surface area (TPSA) is 81.8 Å². The predicted octanol–water partition coefficient (Wildman–Crippen LogP) is 1.53. The fourth-order valence-electron chi connectivity index (χ4n) is 1.65. The van der Waals surface area contributed by atoms with Gasteiger partial charge in [-0.2, -0.15) is 0 Å². The van der Waals surface area contributed by atoms with Gasteiger partial charge in [0.2, 0.25) is 6.79 Å². The summed E-state index contributed by atoms with van der Waals surface area (Å²) in [5, 5.41) is 8.88. The third-order valence-corrected chi connectivity index (χ3v) is 2.58. The summed E-state index contributed by atoms with van der Waals surface area (Å²) in [6.07, 6.45) is -1.23. The Morgan fingerprint density at radius 1 is 1.53 bits per heavy atom. The van der Waals surface area contributed by atoms with E-state index in [1.54, 1.807) is 0 Å². The molecule has 0 amide bonds. The molecular formula is C11H12FNO4. The van der Waals surface area contributed by atoms with Crippen molar-refractivity contribution in [1.82, 2.24) is 0 Å². The number of nitrogens with two attached hydrogens (primary N) is 1. The lowest BCUT2D eigenvalue weighted by molar-refractivity contribution is -0.138. The van der Waals surface area contributed by atoms with E-state index >= 15 is 0 Å². The summed E-state index contributed by atoms with van der Waals surface area (Å²) in [4.78, 5) is 10.9. The van der Waals surface area contributed by atoms with Crippen LogP contribution in [0, 0.1) is 0 Å². The van der Waals surface area contributed by atoms with Crippen molar-refractivity contribution in [2.24, 2.45) is 5.73 Å². The van der Waals surface area contributed by atoms with E-state index in [4.69, 9.17) is 20.3 Å². The van der Waals surface area contributed by atoms with Gasteiger partial charge >= 0.3 is 5.97 Å². The highest BCUT2D eigenvalue weighted by molar-refractivity contribution is 5.77. The number of carbonyl (C=O) groups is 1. The smallest absolute Gasteiger partial charge is 0.325 e. The van der Waals surface area contributed by atoms with Gasteiger partial charge in [-0.25, -0.2) is 4.39 Å². The van der Waals surface area contributed by atoms with E-state index in [0.717, 1.165) is 0 Å². The van der Waals surface area contributed by atoms with Crippen molar-refractivity contribution in [3.8, 4) is 11.5 Å². The Bertz CT molecular complexity index is 461. The molecule has 0 bridgehead atoms. The molecule has 0 saturated heterocycles. The second kappa shape index (κ2) is 4.21. The van der Waals surface area contributed by atoms with Crippen molar-refractivity contribution in [1.29, 1.82) is 0 Å². The van der Waals surface area contributed by atoms with E-state index in [1.165, 1.54) is 19.1 Å². The summed E-state index contributed by atoms with van der Waals surface area (Å²) < 4.78 is 23.5. The fourth-order valence-corrected chi connectivity index (χ4v) is 1.65. The summed E-state index contributed by atoms with van der Waals surface area (Å²) in [5.74, 6) is -0.589. The third kappa shape index (κ3) is 2.03. The quantitative estimate of drug-likeness (QED) is 0.838. The summed E-state index contributed by atoms with van der Waals surface area (Å²) >= 11 is 0. The minimum Gasteiger partial charge on any atom is -0.480 e. The molecule has 0 radical (unpaired) electrons. The zero-order chi connectivity index (χ0) is 12.6. The first kappa shape index (κ1) is 11.7. The van der Waals surface area contributed by atoms with Crippen molar-refractivity contribution < 1.29 is 23.8 Å². The Balaban J connectivity index is 2.53. The van der Waals surface area contributed by atoms with Gasteiger partial charge in [-0.1, -0.05) is 0 Å². The number of rotatable bonds is 3. The molecule has 2 atom stereocenters. The maximum atomic E-state index is 13.3. The number of ether oxygens (including phenoxy) is 2. The maximum Gasteiger partial charge on any atom is 0.325 e. The Hall–Kier alpha value is -1.82. The number of halogens is 1. The minimum atomic E-state index is -1.26. The van der Waals surface area contributed by atoms with Gasteiger partial charge in [-0.3, -0.25) is 4.79 Å². The molecule has 92 valence electrons. The van der Waals surface area contributed by atoms with Crippen LogP contribution in [-0.2, 0) is 4.79 Å². The normalized spacial score (nSPS) is 16.6. The van der Waals surface area contributed by atoms with Crippen LogP contribution in [0.1, 0.15) is 30.3 Å². The molecule has 17 heavy (non-hydrogen) atoms. The van der Waals surface area contributed by atoms with E-state index in [2.05, 4.69) is 0 Å². The van der Waals surface area contributed by atoms with Crippen molar-refractivity contribution in [3.05, 3.63) is 23.3 Å². The molecule has 3 N–H and O–H groups in total. The van der Waals surface area contributed by atoms with Crippen LogP contribution >= 0.6 is 0 Å². The molecule has 1 aliphatic heterocycles. The molecule has 1 heterocycles. The van der Waals surface area contributed by atoms with E-state index in [-0.39, 0.29) is 18.1 Å². The molecular weight excluding hydrogens is 229 g/mol. The van der Waals surface area contributed by atoms with Crippen molar-refractivity contribution in [2.45, 2.75) is 19.1 Å². The number of carboxylic acids is 1. The highest BCUT2D eigenvalue weighted by Gasteiger charge is 2.27. The monoisotopic (exact) mass is 241 g/mol. The molecule has 6 heteroatoms. The van der Waals surface area contributed by atoms with Crippen molar-refractivity contribution >= 4 is 5.97 Å². The predicted molar refractivity (Wildman–Crippen MR) is 56.7 cm³/mol. The van der Waals surface area contributed by atoms with Gasteiger partial charge in [0.25, 0.3) is 0 Å². The minimum absolute atomic E-state index is 0.0151. The van der Waals surface area contributed by atoms with E-state index in [0.29, 0.717) is 11.3 Å². The van der Waals surface area contributed by atoms with Gasteiger partial charge in [-0.15, -0.1) is 0 Å². The number of benzene rings is 1. The average Bonchev–Trinajstić information content (AvgIpc) is 2.74. The van der Waals surface area contributed by atoms with Crippen LogP contribution in [0.3, 0.4) is 0 Å². The highest BCUT2D eigenvalue weighted by atomic mass is 19.1. The van der Waals surface area contributed by atoms with Gasteiger partial charge in [0.1, 0.15) is 12.2 Å². The van der Waals surface area contributed by atoms with Crippen molar-refractivity contribution in [2.75, 3.05) is 6.79 Å². The molecule has 1 aliphatic rings. The van der Waals surface area contributed by atoms with Gasteiger partial charge < -0.3 is 20.3 Å². The number of fused-ring (bicyclic) bond motifs is 1. The van der Waals surface area contributed by atoms with Crippen LogP contribution in [0.5, 0.6) is 11.5 Å². The molecule has 1 aromatic carbocycles.